The largest absolute Gasteiger partial charge is 0.339 e. The van der Waals surface area contributed by atoms with Gasteiger partial charge in [0.15, 0.2) is 0 Å². The smallest absolute Gasteiger partial charge is 0.227 e. The highest BCUT2D eigenvalue weighted by Crippen LogP contribution is 2.12. The zero-order valence-electron chi connectivity index (χ0n) is 10.2. The molecule has 2 aromatic rings. The number of nitrogens with zero attached hydrogens (tertiary/aromatic N) is 4. The number of aromatic nitrogens is 4. The highest BCUT2D eigenvalue weighted by molar-refractivity contribution is 5.45. The normalized spacial score (nSPS) is 10.7. The molecule has 0 saturated heterocycles. The number of nitrogens with two attached hydrogens (primary N) is 1. The molecule has 0 aliphatic carbocycles. The molecule has 0 aliphatic heterocycles. The lowest BCUT2D eigenvalue weighted by molar-refractivity contribution is 0.374. The first-order valence-corrected chi connectivity index (χ1v) is 6.19. The van der Waals surface area contributed by atoms with Crippen LogP contribution in [0.1, 0.15) is 31.6 Å². The zero-order valence-corrected chi connectivity index (χ0v) is 10.2. The molecule has 0 spiro atoms. The minimum absolute atomic E-state index is 0.500. The molecule has 18 heavy (non-hydrogen) atoms. The number of aryl methyl sites for hydroxylation is 1. The molecule has 0 atom stereocenters. The van der Waals surface area contributed by atoms with E-state index in [0.717, 1.165) is 38.6 Å². The second kappa shape index (κ2) is 6.80. The van der Waals surface area contributed by atoms with Crippen LogP contribution in [0.2, 0.25) is 0 Å². The standard InChI is InChI=1S/C12H17N5O/c13-6-4-2-1-3-5-11-16-12(17-18-11)10-9-14-7-8-15-10/h7-9H,1-6,13H2. The molecule has 0 fully saturated rings. The first-order valence-electron chi connectivity index (χ1n) is 6.19. The number of hydrogen-bond donors (Lipinski definition) is 1. The van der Waals surface area contributed by atoms with Crippen LogP contribution in [0.3, 0.4) is 0 Å². The van der Waals surface area contributed by atoms with Gasteiger partial charge in [-0.25, -0.2) is 4.98 Å². The van der Waals surface area contributed by atoms with E-state index in [1.54, 1.807) is 18.6 Å². The highest BCUT2D eigenvalue weighted by atomic mass is 16.5. The fourth-order valence-electron chi connectivity index (χ4n) is 1.65. The van der Waals surface area contributed by atoms with Crippen molar-refractivity contribution < 1.29 is 4.52 Å². The molecule has 0 aliphatic rings. The molecular weight excluding hydrogens is 230 g/mol. The quantitative estimate of drug-likeness (QED) is 0.747. The molecule has 0 unspecified atom stereocenters. The summed E-state index contributed by atoms with van der Waals surface area (Å²) in [4.78, 5) is 12.4. The Hall–Kier alpha value is -1.82. The van der Waals surface area contributed by atoms with E-state index in [1.807, 2.05) is 0 Å². The summed E-state index contributed by atoms with van der Waals surface area (Å²) in [6.07, 6.45) is 10.1. The van der Waals surface area contributed by atoms with E-state index in [9.17, 15) is 0 Å². The maximum absolute atomic E-state index is 5.44. The van der Waals surface area contributed by atoms with Crippen molar-refractivity contribution in [1.29, 1.82) is 0 Å². The molecule has 2 N–H and O–H groups in total. The van der Waals surface area contributed by atoms with Crippen molar-refractivity contribution in [3.63, 3.8) is 0 Å². The van der Waals surface area contributed by atoms with Gasteiger partial charge in [-0.15, -0.1) is 0 Å². The summed E-state index contributed by atoms with van der Waals surface area (Å²) in [5.74, 6) is 1.16. The van der Waals surface area contributed by atoms with Gasteiger partial charge in [-0.05, 0) is 19.4 Å². The lowest BCUT2D eigenvalue weighted by Crippen LogP contribution is -1.97. The number of hydrogen-bond acceptors (Lipinski definition) is 6. The second-order valence-electron chi connectivity index (χ2n) is 4.06. The van der Waals surface area contributed by atoms with Gasteiger partial charge in [-0.2, -0.15) is 4.98 Å². The third kappa shape index (κ3) is 3.59. The predicted molar refractivity (Wildman–Crippen MR) is 66.6 cm³/mol. The average molecular weight is 247 g/mol. The summed E-state index contributed by atoms with van der Waals surface area (Å²) >= 11 is 0. The van der Waals surface area contributed by atoms with Crippen LogP contribution in [0, 0.1) is 0 Å². The third-order valence-corrected chi connectivity index (χ3v) is 2.61. The topological polar surface area (TPSA) is 90.7 Å². The van der Waals surface area contributed by atoms with Crippen molar-refractivity contribution in [2.75, 3.05) is 6.54 Å². The molecule has 6 nitrogen and oxygen atoms in total. The van der Waals surface area contributed by atoms with E-state index in [2.05, 4.69) is 20.1 Å². The van der Waals surface area contributed by atoms with Gasteiger partial charge in [0.1, 0.15) is 5.69 Å². The Bertz CT molecular complexity index is 457. The van der Waals surface area contributed by atoms with Crippen LogP contribution in [0.15, 0.2) is 23.1 Å². The van der Waals surface area contributed by atoms with Crippen LogP contribution in [-0.4, -0.2) is 26.7 Å². The summed E-state index contributed by atoms with van der Waals surface area (Å²) in [5.41, 5.74) is 6.07. The van der Waals surface area contributed by atoms with Gasteiger partial charge >= 0.3 is 0 Å². The van der Waals surface area contributed by atoms with Crippen LogP contribution < -0.4 is 5.73 Å². The first kappa shape index (κ1) is 12.6. The van der Waals surface area contributed by atoms with Crippen molar-refractivity contribution in [2.45, 2.75) is 32.1 Å². The summed E-state index contributed by atoms with van der Waals surface area (Å²) < 4.78 is 5.17. The van der Waals surface area contributed by atoms with Crippen molar-refractivity contribution in [3.05, 3.63) is 24.5 Å². The third-order valence-electron chi connectivity index (χ3n) is 2.61. The van der Waals surface area contributed by atoms with Gasteiger partial charge in [0, 0.05) is 18.8 Å². The van der Waals surface area contributed by atoms with Gasteiger partial charge in [0.2, 0.25) is 11.7 Å². The van der Waals surface area contributed by atoms with E-state index >= 15 is 0 Å². The second-order valence-corrected chi connectivity index (χ2v) is 4.06. The summed E-state index contributed by atoms with van der Waals surface area (Å²) in [6.45, 7) is 0.761. The fourth-order valence-corrected chi connectivity index (χ4v) is 1.65. The maximum Gasteiger partial charge on any atom is 0.227 e. The molecule has 0 aromatic carbocycles. The Morgan fingerprint density at radius 3 is 2.78 bits per heavy atom. The van der Waals surface area contributed by atoms with Crippen LogP contribution in [0.25, 0.3) is 11.5 Å². The van der Waals surface area contributed by atoms with Crippen LogP contribution in [0.4, 0.5) is 0 Å². The molecule has 2 heterocycles. The lowest BCUT2D eigenvalue weighted by Gasteiger charge is -1.96. The van der Waals surface area contributed by atoms with Gasteiger partial charge in [0.05, 0.1) is 6.20 Å². The molecule has 2 aromatic heterocycles. The molecule has 0 saturated carbocycles. The zero-order chi connectivity index (χ0) is 12.6. The number of unbranched alkanes of at least 4 members (excludes halogenated alkanes) is 3. The van der Waals surface area contributed by atoms with Gasteiger partial charge < -0.3 is 10.3 Å². The van der Waals surface area contributed by atoms with Crippen molar-refractivity contribution in [1.82, 2.24) is 20.1 Å². The van der Waals surface area contributed by atoms with E-state index in [-0.39, 0.29) is 0 Å². The first-order chi connectivity index (χ1) is 8.90. The lowest BCUT2D eigenvalue weighted by atomic mass is 10.1. The highest BCUT2D eigenvalue weighted by Gasteiger charge is 2.09. The average Bonchev–Trinajstić information content (AvgIpc) is 2.88. The molecular formula is C12H17N5O. The fraction of sp³-hybridized carbons (Fsp3) is 0.500. The summed E-state index contributed by atoms with van der Waals surface area (Å²) in [6, 6.07) is 0. The van der Waals surface area contributed by atoms with E-state index in [1.165, 1.54) is 0 Å². The predicted octanol–water partition coefficient (Wildman–Crippen LogP) is 1.59. The molecule has 0 amide bonds. The monoisotopic (exact) mass is 247 g/mol. The minimum Gasteiger partial charge on any atom is -0.339 e. The Balaban J connectivity index is 1.83. The SMILES string of the molecule is NCCCCCCc1nc(-c2cnccn2)no1. The molecule has 0 radical (unpaired) electrons. The van der Waals surface area contributed by atoms with Gasteiger partial charge in [0.25, 0.3) is 0 Å². The van der Waals surface area contributed by atoms with E-state index in [4.69, 9.17) is 10.3 Å². The van der Waals surface area contributed by atoms with E-state index < -0.39 is 0 Å². The van der Waals surface area contributed by atoms with Gasteiger partial charge in [-0.1, -0.05) is 18.0 Å². The Morgan fingerprint density at radius 2 is 2.00 bits per heavy atom. The summed E-state index contributed by atoms with van der Waals surface area (Å²) in [5, 5.41) is 3.89. The number of rotatable bonds is 7. The van der Waals surface area contributed by atoms with Crippen LogP contribution >= 0.6 is 0 Å². The van der Waals surface area contributed by atoms with Crippen molar-refractivity contribution in [2.24, 2.45) is 5.73 Å². The molecule has 0 bridgehead atoms. The molecule has 96 valence electrons. The van der Waals surface area contributed by atoms with Crippen molar-refractivity contribution >= 4 is 0 Å². The molecule has 6 heteroatoms. The minimum atomic E-state index is 0.500. The van der Waals surface area contributed by atoms with E-state index in [0.29, 0.717) is 17.4 Å². The Labute approximate surface area is 106 Å². The Kier molecular flexibility index (Phi) is 4.78. The van der Waals surface area contributed by atoms with Crippen molar-refractivity contribution in [3.8, 4) is 11.5 Å². The molecule has 2 rings (SSSR count). The maximum atomic E-state index is 5.44. The van der Waals surface area contributed by atoms with Crippen LogP contribution in [-0.2, 0) is 6.42 Å². The Morgan fingerprint density at radius 1 is 1.11 bits per heavy atom. The summed E-state index contributed by atoms with van der Waals surface area (Å²) in [7, 11) is 0. The van der Waals surface area contributed by atoms with Crippen LogP contribution in [0.5, 0.6) is 0 Å². The van der Waals surface area contributed by atoms with Gasteiger partial charge in [-0.3, -0.25) is 4.98 Å².